The van der Waals surface area contributed by atoms with Crippen molar-refractivity contribution in [2.24, 2.45) is 11.7 Å². The lowest BCUT2D eigenvalue weighted by molar-refractivity contribution is 0.817. The summed E-state index contributed by atoms with van der Waals surface area (Å²) >= 11 is 0. The van der Waals surface area contributed by atoms with E-state index in [1.165, 1.54) is 5.57 Å². The molecule has 0 radical (unpaired) electrons. The molecule has 0 bridgehead atoms. The summed E-state index contributed by atoms with van der Waals surface area (Å²) < 4.78 is 0. The van der Waals surface area contributed by atoms with Crippen molar-refractivity contribution in [2.75, 3.05) is 6.54 Å². The van der Waals surface area contributed by atoms with Crippen LogP contribution in [0.1, 0.15) is 22.2 Å². The lowest BCUT2D eigenvalue weighted by Crippen LogP contribution is -2.00. The lowest BCUT2D eigenvalue weighted by Gasteiger charge is -1.97. The highest BCUT2D eigenvalue weighted by Crippen LogP contribution is 1.98. The van der Waals surface area contributed by atoms with Gasteiger partial charge in [-0.25, -0.2) is 0 Å². The highest BCUT2D eigenvalue weighted by Gasteiger charge is 1.86. The first-order valence-electron chi connectivity index (χ1n) is 3.04. The van der Waals surface area contributed by atoms with E-state index in [4.69, 9.17) is 5.73 Å². The second kappa shape index (κ2) is 3.67. The number of rotatable bonds is 2. The van der Waals surface area contributed by atoms with Gasteiger partial charge in [0.15, 0.2) is 0 Å². The van der Waals surface area contributed by atoms with Gasteiger partial charge in [0.2, 0.25) is 0 Å². The van der Waals surface area contributed by atoms with E-state index in [2.05, 4.69) is 26.8 Å². The van der Waals surface area contributed by atoms with Crippen LogP contribution in [0.5, 0.6) is 0 Å². The van der Waals surface area contributed by atoms with Crippen LogP contribution in [0.15, 0.2) is 11.6 Å². The largest absolute Gasteiger partial charge is 0.327 e. The lowest BCUT2D eigenvalue weighted by atomic mass is 10.1. The summed E-state index contributed by atoms with van der Waals surface area (Å²) in [4.78, 5) is 0. The Morgan fingerprint density at radius 2 is 2.25 bits per heavy atom. The van der Waals surface area contributed by atoms with E-state index >= 15 is 0 Å². The first-order chi connectivity index (χ1) is 3.66. The zero-order valence-electron chi connectivity index (χ0n) is 5.94. The van der Waals surface area contributed by atoms with Gasteiger partial charge in [0.1, 0.15) is 0 Å². The molecular formula is C7H17N. The number of allylic oxidation sites excluding steroid dienone is 1. The zero-order valence-corrected chi connectivity index (χ0v) is 5.94. The third-order valence-electron chi connectivity index (χ3n) is 0.940. The fraction of sp³-hybridized carbons (Fsp3) is 0.714. The second-order valence-electron chi connectivity index (χ2n) is 2.46. The van der Waals surface area contributed by atoms with Gasteiger partial charge in [0, 0.05) is 7.97 Å². The molecule has 0 saturated carbocycles. The molecule has 0 saturated heterocycles. The summed E-state index contributed by atoms with van der Waals surface area (Å²) in [5.74, 6) is 0.638. The fourth-order valence-electron chi connectivity index (χ4n) is 0.637. The quantitative estimate of drug-likeness (QED) is 0.545. The third-order valence-corrected chi connectivity index (χ3v) is 0.940. The van der Waals surface area contributed by atoms with Gasteiger partial charge in [-0.05, 0) is 12.8 Å². The predicted octanol–water partition coefficient (Wildman–Crippen LogP) is 1.79. The standard InChI is InChI=1S/C7H15N.H2/c1-6(2)4-7(3)5-8;/h4,6H,5,8H2,1-3H3;1H/b7-4+;. The summed E-state index contributed by atoms with van der Waals surface area (Å²) in [6.45, 7) is 7.05. The average molecular weight is 115 g/mol. The summed E-state index contributed by atoms with van der Waals surface area (Å²) in [6.07, 6.45) is 2.18. The van der Waals surface area contributed by atoms with Crippen molar-refractivity contribution in [1.29, 1.82) is 0 Å². The van der Waals surface area contributed by atoms with Gasteiger partial charge in [-0.1, -0.05) is 25.5 Å². The molecule has 0 amide bonds. The molecule has 0 aliphatic heterocycles. The van der Waals surface area contributed by atoms with Crippen molar-refractivity contribution in [3.05, 3.63) is 11.6 Å². The smallest absolute Gasteiger partial charge is 0.0134 e. The molecule has 0 atom stereocenters. The molecule has 0 aliphatic rings. The topological polar surface area (TPSA) is 26.0 Å². The van der Waals surface area contributed by atoms with Crippen LogP contribution in [0.4, 0.5) is 0 Å². The SMILES string of the molecule is C/C(=C\C(C)C)CN.[HH]. The van der Waals surface area contributed by atoms with Crippen LogP contribution in [-0.4, -0.2) is 6.54 Å². The Morgan fingerprint density at radius 3 is 2.38 bits per heavy atom. The maximum atomic E-state index is 5.35. The second-order valence-corrected chi connectivity index (χ2v) is 2.46. The van der Waals surface area contributed by atoms with E-state index in [0.717, 1.165) is 0 Å². The summed E-state index contributed by atoms with van der Waals surface area (Å²) in [6, 6.07) is 0. The van der Waals surface area contributed by atoms with E-state index < -0.39 is 0 Å². The molecule has 0 unspecified atom stereocenters. The highest BCUT2D eigenvalue weighted by atomic mass is 14.5. The maximum absolute atomic E-state index is 5.35. The van der Waals surface area contributed by atoms with Crippen molar-refractivity contribution < 1.29 is 1.43 Å². The Hall–Kier alpha value is -0.300. The molecule has 1 heteroatoms. The third kappa shape index (κ3) is 3.88. The van der Waals surface area contributed by atoms with E-state index in [9.17, 15) is 0 Å². The molecule has 0 rings (SSSR count). The Morgan fingerprint density at radius 1 is 1.75 bits per heavy atom. The van der Waals surface area contributed by atoms with Crippen LogP contribution in [-0.2, 0) is 0 Å². The average Bonchev–Trinajstić information content (AvgIpc) is 1.65. The first kappa shape index (κ1) is 7.70. The van der Waals surface area contributed by atoms with Crippen LogP contribution in [0.25, 0.3) is 0 Å². The minimum atomic E-state index is 0. The Kier molecular flexibility index (Phi) is 3.53. The molecule has 8 heavy (non-hydrogen) atoms. The van der Waals surface area contributed by atoms with Crippen molar-refractivity contribution in [2.45, 2.75) is 20.8 Å². The summed E-state index contributed by atoms with van der Waals surface area (Å²) in [5.41, 5.74) is 6.63. The molecule has 0 aliphatic carbocycles. The van der Waals surface area contributed by atoms with Crippen molar-refractivity contribution in [1.82, 2.24) is 0 Å². The molecule has 0 aromatic heterocycles. The van der Waals surface area contributed by atoms with Crippen molar-refractivity contribution in [3.8, 4) is 0 Å². The van der Waals surface area contributed by atoms with E-state index in [1.54, 1.807) is 0 Å². The molecule has 50 valence electrons. The highest BCUT2D eigenvalue weighted by molar-refractivity contribution is 5.00. The van der Waals surface area contributed by atoms with Crippen molar-refractivity contribution in [3.63, 3.8) is 0 Å². The monoisotopic (exact) mass is 115 g/mol. The minimum absolute atomic E-state index is 0. The zero-order chi connectivity index (χ0) is 6.57. The van der Waals surface area contributed by atoms with Crippen LogP contribution >= 0.6 is 0 Å². The molecule has 0 aromatic rings. The predicted molar refractivity (Wildman–Crippen MR) is 39.8 cm³/mol. The van der Waals surface area contributed by atoms with Gasteiger partial charge in [0.25, 0.3) is 0 Å². The van der Waals surface area contributed by atoms with Crippen LogP contribution < -0.4 is 5.73 Å². The Balaban J connectivity index is 0. The molecule has 2 N–H and O–H groups in total. The van der Waals surface area contributed by atoms with Gasteiger partial charge in [-0.3, -0.25) is 0 Å². The molecular weight excluding hydrogens is 98.1 g/mol. The van der Waals surface area contributed by atoms with E-state index in [0.29, 0.717) is 12.5 Å². The summed E-state index contributed by atoms with van der Waals surface area (Å²) in [5, 5.41) is 0. The normalized spacial score (nSPS) is 12.9. The fourth-order valence-corrected chi connectivity index (χ4v) is 0.637. The molecule has 0 aromatic carbocycles. The maximum Gasteiger partial charge on any atom is 0.0134 e. The molecule has 0 heterocycles. The number of hydrogen-bond donors (Lipinski definition) is 1. The van der Waals surface area contributed by atoms with E-state index in [1.807, 2.05) is 0 Å². The molecule has 0 spiro atoms. The van der Waals surface area contributed by atoms with Crippen molar-refractivity contribution >= 4 is 0 Å². The number of hydrogen-bond acceptors (Lipinski definition) is 1. The minimum Gasteiger partial charge on any atom is -0.327 e. The Bertz CT molecular complexity index is 86.9. The summed E-state index contributed by atoms with van der Waals surface area (Å²) in [7, 11) is 0. The van der Waals surface area contributed by atoms with Gasteiger partial charge in [-0.15, -0.1) is 0 Å². The van der Waals surface area contributed by atoms with Gasteiger partial charge in [0.05, 0.1) is 0 Å². The molecule has 0 fully saturated rings. The first-order valence-corrected chi connectivity index (χ1v) is 3.04. The van der Waals surface area contributed by atoms with Gasteiger partial charge < -0.3 is 5.73 Å². The van der Waals surface area contributed by atoms with Crippen LogP contribution in [0.2, 0.25) is 0 Å². The van der Waals surface area contributed by atoms with E-state index in [-0.39, 0.29) is 1.43 Å². The van der Waals surface area contributed by atoms with Gasteiger partial charge >= 0.3 is 0 Å². The van der Waals surface area contributed by atoms with Gasteiger partial charge in [-0.2, -0.15) is 0 Å². The number of nitrogens with two attached hydrogens (primary N) is 1. The Labute approximate surface area is 53.1 Å². The van der Waals surface area contributed by atoms with Crippen LogP contribution in [0.3, 0.4) is 0 Å². The van der Waals surface area contributed by atoms with Crippen LogP contribution in [0, 0.1) is 5.92 Å². The molecule has 1 nitrogen and oxygen atoms in total.